The highest BCUT2D eigenvalue weighted by molar-refractivity contribution is 5.85. The van der Waals surface area contributed by atoms with E-state index in [1.807, 2.05) is 55.6 Å². The molecule has 0 bridgehead atoms. The third kappa shape index (κ3) is 4.44. The number of methoxy groups -OCH3 is 1. The number of ether oxygens (including phenoxy) is 2. The van der Waals surface area contributed by atoms with Crippen molar-refractivity contribution < 1.29 is 9.47 Å². The number of rotatable bonds is 6. The number of halogens is 1. The summed E-state index contributed by atoms with van der Waals surface area (Å²) in [4.78, 5) is 0. The second-order valence-corrected chi connectivity index (χ2v) is 4.29. The van der Waals surface area contributed by atoms with Gasteiger partial charge in [0.25, 0.3) is 0 Å². The van der Waals surface area contributed by atoms with Crippen LogP contribution in [0.2, 0.25) is 0 Å². The van der Waals surface area contributed by atoms with Crippen LogP contribution in [0.1, 0.15) is 11.1 Å². The summed E-state index contributed by atoms with van der Waals surface area (Å²) in [6.45, 7) is 1.36. The van der Waals surface area contributed by atoms with Crippen LogP contribution in [0.15, 0.2) is 48.5 Å². The first kappa shape index (κ1) is 16.3. The summed E-state index contributed by atoms with van der Waals surface area (Å²) in [5.74, 6) is 1.54. The molecule has 0 saturated heterocycles. The van der Waals surface area contributed by atoms with Gasteiger partial charge in [-0.05, 0) is 30.3 Å². The van der Waals surface area contributed by atoms with E-state index < -0.39 is 0 Å². The molecule has 0 atom stereocenters. The molecule has 20 heavy (non-hydrogen) atoms. The average molecular weight is 294 g/mol. The molecule has 0 radical (unpaired) electrons. The van der Waals surface area contributed by atoms with Crippen LogP contribution < -0.4 is 14.8 Å². The summed E-state index contributed by atoms with van der Waals surface area (Å²) < 4.78 is 11.2. The Morgan fingerprint density at radius 2 is 1.70 bits per heavy atom. The van der Waals surface area contributed by atoms with Gasteiger partial charge in [-0.25, -0.2) is 0 Å². The average Bonchev–Trinajstić information content (AvgIpc) is 2.47. The van der Waals surface area contributed by atoms with Crippen molar-refractivity contribution in [2.24, 2.45) is 0 Å². The summed E-state index contributed by atoms with van der Waals surface area (Å²) in [6, 6.07) is 16.1. The second kappa shape index (κ2) is 8.46. The van der Waals surface area contributed by atoms with Gasteiger partial charge in [0.15, 0.2) is 11.5 Å². The molecule has 0 spiro atoms. The van der Waals surface area contributed by atoms with Crippen molar-refractivity contribution in [1.29, 1.82) is 0 Å². The summed E-state index contributed by atoms with van der Waals surface area (Å²) in [6.07, 6.45) is 0. The van der Waals surface area contributed by atoms with E-state index in [1.54, 1.807) is 7.11 Å². The van der Waals surface area contributed by atoms with Gasteiger partial charge in [0.1, 0.15) is 6.61 Å². The molecule has 0 aliphatic carbocycles. The van der Waals surface area contributed by atoms with Gasteiger partial charge in [-0.2, -0.15) is 0 Å². The number of benzene rings is 2. The molecule has 0 saturated carbocycles. The van der Waals surface area contributed by atoms with E-state index in [-0.39, 0.29) is 12.4 Å². The van der Waals surface area contributed by atoms with Gasteiger partial charge in [0, 0.05) is 6.54 Å². The lowest BCUT2D eigenvalue weighted by molar-refractivity contribution is 0.284. The van der Waals surface area contributed by atoms with Gasteiger partial charge >= 0.3 is 0 Å². The van der Waals surface area contributed by atoms with E-state index >= 15 is 0 Å². The van der Waals surface area contributed by atoms with Crippen molar-refractivity contribution in [3.05, 3.63) is 59.7 Å². The molecule has 0 amide bonds. The highest BCUT2D eigenvalue weighted by Gasteiger charge is 2.05. The van der Waals surface area contributed by atoms with Crippen LogP contribution >= 0.6 is 12.4 Å². The molecular weight excluding hydrogens is 274 g/mol. The third-order valence-corrected chi connectivity index (χ3v) is 2.85. The van der Waals surface area contributed by atoms with Crippen LogP contribution in [0.3, 0.4) is 0 Å². The molecule has 0 aliphatic heterocycles. The monoisotopic (exact) mass is 293 g/mol. The molecule has 0 fully saturated rings. The van der Waals surface area contributed by atoms with Crippen molar-refractivity contribution in [2.45, 2.75) is 13.2 Å². The minimum Gasteiger partial charge on any atom is -0.493 e. The van der Waals surface area contributed by atoms with Gasteiger partial charge in [-0.3, -0.25) is 0 Å². The Morgan fingerprint density at radius 1 is 0.950 bits per heavy atom. The fourth-order valence-electron chi connectivity index (χ4n) is 1.88. The van der Waals surface area contributed by atoms with E-state index in [2.05, 4.69) is 5.32 Å². The number of hydrogen-bond donors (Lipinski definition) is 1. The highest BCUT2D eigenvalue weighted by Crippen LogP contribution is 2.28. The van der Waals surface area contributed by atoms with E-state index in [0.29, 0.717) is 6.61 Å². The summed E-state index contributed by atoms with van der Waals surface area (Å²) >= 11 is 0. The van der Waals surface area contributed by atoms with Crippen molar-refractivity contribution in [3.63, 3.8) is 0 Å². The molecule has 2 aromatic carbocycles. The number of nitrogens with one attached hydrogen (secondary N) is 1. The zero-order valence-electron chi connectivity index (χ0n) is 11.8. The lowest BCUT2D eigenvalue weighted by atomic mass is 10.2. The quantitative estimate of drug-likeness (QED) is 0.885. The summed E-state index contributed by atoms with van der Waals surface area (Å²) in [5.41, 5.74) is 2.32. The Bertz CT molecular complexity index is 517. The molecule has 4 heteroatoms. The molecule has 108 valence electrons. The van der Waals surface area contributed by atoms with Crippen LogP contribution in [-0.2, 0) is 13.2 Å². The summed E-state index contributed by atoms with van der Waals surface area (Å²) in [5, 5.41) is 3.12. The Labute approximate surface area is 126 Å². The standard InChI is InChI=1S/C16H19NO2.ClH/c1-17-11-14-8-9-15(16(10-14)18-2)19-12-13-6-4-3-5-7-13;/h3-10,17H,11-12H2,1-2H3;1H. The molecule has 0 heterocycles. The Hall–Kier alpha value is -1.71. The topological polar surface area (TPSA) is 30.5 Å². The van der Waals surface area contributed by atoms with Gasteiger partial charge in [-0.15, -0.1) is 12.4 Å². The maximum Gasteiger partial charge on any atom is 0.161 e. The molecule has 0 unspecified atom stereocenters. The van der Waals surface area contributed by atoms with Crippen LogP contribution in [0, 0.1) is 0 Å². The molecule has 2 aromatic rings. The molecule has 0 aliphatic rings. The van der Waals surface area contributed by atoms with Crippen LogP contribution in [0.25, 0.3) is 0 Å². The van der Waals surface area contributed by atoms with Crippen molar-refractivity contribution in [3.8, 4) is 11.5 Å². The fraction of sp³-hybridized carbons (Fsp3) is 0.250. The molecule has 2 rings (SSSR count). The van der Waals surface area contributed by atoms with E-state index in [1.165, 1.54) is 5.56 Å². The molecular formula is C16H20ClNO2. The second-order valence-electron chi connectivity index (χ2n) is 4.29. The maximum atomic E-state index is 5.80. The zero-order chi connectivity index (χ0) is 13.5. The normalized spacial score (nSPS) is 9.70. The smallest absolute Gasteiger partial charge is 0.161 e. The van der Waals surface area contributed by atoms with Gasteiger partial charge in [-0.1, -0.05) is 36.4 Å². The Balaban J connectivity index is 0.00000200. The van der Waals surface area contributed by atoms with Crippen LogP contribution in [0.5, 0.6) is 11.5 Å². The molecule has 0 aromatic heterocycles. The maximum absolute atomic E-state index is 5.80. The van der Waals surface area contributed by atoms with Crippen molar-refractivity contribution in [2.75, 3.05) is 14.2 Å². The van der Waals surface area contributed by atoms with Crippen LogP contribution in [-0.4, -0.2) is 14.2 Å². The predicted molar refractivity (Wildman–Crippen MR) is 83.8 cm³/mol. The first-order valence-corrected chi connectivity index (χ1v) is 6.31. The first-order chi connectivity index (χ1) is 9.33. The van der Waals surface area contributed by atoms with E-state index in [0.717, 1.165) is 23.6 Å². The fourth-order valence-corrected chi connectivity index (χ4v) is 1.88. The number of hydrogen-bond acceptors (Lipinski definition) is 3. The zero-order valence-corrected chi connectivity index (χ0v) is 12.6. The Kier molecular flexibility index (Phi) is 6.91. The predicted octanol–water partition coefficient (Wildman–Crippen LogP) is 3.42. The molecule has 1 N–H and O–H groups in total. The first-order valence-electron chi connectivity index (χ1n) is 6.31. The van der Waals surface area contributed by atoms with Crippen molar-refractivity contribution in [1.82, 2.24) is 5.32 Å². The third-order valence-electron chi connectivity index (χ3n) is 2.85. The highest BCUT2D eigenvalue weighted by atomic mass is 35.5. The van der Waals surface area contributed by atoms with Crippen molar-refractivity contribution >= 4 is 12.4 Å². The van der Waals surface area contributed by atoms with Gasteiger partial charge in [0.2, 0.25) is 0 Å². The molecule has 3 nitrogen and oxygen atoms in total. The lowest BCUT2D eigenvalue weighted by Gasteiger charge is -2.12. The van der Waals surface area contributed by atoms with Gasteiger partial charge in [0.05, 0.1) is 7.11 Å². The summed E-state index contributed by atoms with van der Waals surface area (Å²) in [7, 11) is 3.58. The Morgan fingerprint density at radius 3 is 2.35 bits per heavy atom. The minimum absolute atomic E-state index is 0. The lowest BCUT2D eigenvalue weighted by Crippen LogP contribution is -2.05. The SMILES string of the molecule is CNCc1ccc(OCc2ccccc2)c(OC)c1.Cl. The van der Waals surface area contributed by atoms with E-state index in [4.69, 9.17) is 9.47 Å². The largest absolute Gasteiger partial charge is 0.493 e. The van der Waals surface area contributed by atoms with Crippen LogP contribution in [0.4, 0.5) is 0 Å². The van der Waals surface area contributed by atoms with E-state index in [9.17, 15) is 0 Å². The van der Waals surface area contributed by atoms with Gasteiger partial charge < -0.3 is 14.8 Å². The minimum atomic E-state index is 0.